The summed E-state index contributed by atoms with van der Waals surface area (Å²) < 4.78 is 1.18. The first-order valence-corrected chi connectivity index (χ1v) is 6.58. The minimum Gasteiger partial charge on any atom is -0.310 e. The van der Waals surface area contributed by atoms with Crippen molar-refractivity contribution in [2.75, 3.05) is 6.54 Å². The quantitative estimate of drug-likeness (QED) is 0.764. The highest BCUT2D eigenvalue weighted by Gasteiger charge is 2.09. The lowest BCUT2D eigenvalue weighted by Gasteiger charge is -2.18. The van der Waals surface area contributed by atoms with Gasteiger partial charge in [0.15, 0.2) is 0 Å². The van der Waals surface area contributed by atoms with Gasteiger partial charge >= 0.3 is 0 Å². The number of nitrogens with one attached hydrogen (secondary N) is 1. The highest BCUT2D eigenvalue weighted by atomic mass is 79.9. The van der Waals surface area contributed by atoms with Crippen LogP contribution in [0.2, 0.25) is 0 Å². The van der Waals surface area contributed by atoms with Crippen LogP contribution in [0.5, 0.6) is 0 Å². The summed E-state index contributed by atoms with van der Waals surface area (Å²) >= 11 is 3.53. The van der Waals surface area contributed by atoms with Crippen LogP contribution in [0.4, 0.5) is 0 Å². The van der Waals surface area contributed by atoms with Crippen LogP contribution in [0.15, 0.2) is 35.3 Å². The Morgan fingerprint density at radius 1 is 1.50 bits per heavy atom. The molecule has 1 rings (SSSR count). The van der Waals surface area contributed by atoms with Gasteiger partial charge < -0.3 is 5.32 Å². The Hall–Kier alpha value is -0.600. The van der Waals surface area contributed by atoms with Gasteiger partial charge in [-0.1, -0.05) is 41.1 Å². The summed E-state index contributed by atoms with van der Waals surface area (Å²) in [5, 5.41) is 3.52. The largest absolute Gasteiger partial charge is 0.310 e. The minimum atomic E-state index is 0.440. The lowest BCUT2D eigenvalue weighted by molar-refractivity contribution is 0.519. The van der Waals surface area contributed by atoms with E-state index in [1.54, 1.807) is 0 Å². The molecular formula is C14H20BrN. The first-order chi connectivity index (χ1) is 7.69. The SMILES string of the molecule is C=CCCC(NCC)c1ccc(Br)c(C)c1. The molecule has 0 aliphatic carbocycles. The molecule has 0 saturated carbocycles. The van der Waals surface area contributed by atoms with Gasteiger partial charge in [-0.05, 0) is 43.5 Å². The van der Waals surface area contributed by atoms with Crippen molar-refractivity contribution >= 4 is 15.9 Å². The second kappa shape index (κ2) is 6.87. The second-order valence-electron chi connectivity index (χ2n) is 3.98. The van der Waals surface area contributed by atoms with Crippen LogP contribution in [0.1, 0.15) is 36.9 Å². The molecule has 1 N–H and O–H groups in total. The van der Waals surface area contributed by atoms with Crippen molar-refractivity contribution in [3.05, 3.63) is 46.5 Å². The van der Waals surface area contributed by atoms with Crippen molar-refractivity contribution < 1.29 is 0 Å². The Morgan fingerprint density at radius 3 is 2.81 bits per heavy atom. The van der Waals surface area contributed by atoms with Gasteiger partial charge in [-0.3, -0.25) is 0 Å². The number of hydrogen-bond donors (Lipinski definition) is 1. The van der Waals surface area contributed by atoms with Crippen molar-refractivity contribution in [2.45, 2.75) is 32.7 Å². The zero-order valence-corrected chi connectivity index (χ0v) is 11.7. The third-order valence-electron chi connectivity index (χ3n) is 2.69. The van der Waals surface area contributed by atoms with Crippen molar-refractivity contribution in [1.29, 1.82) is 0 Å². The fourth-order valence-corrected chi connectivity index (χ4v) is 2.05. The average molecular weight is 282 g/mol. The van der Waals surface area contributed by atoms with E-state index in [1.165, 1.54) is 15.6 Å². The summed E-state index contributed by atoms with van der Waals surface area (Å²) in [6.07, 6.45) is 4.14. The monoisotopic (exact) mass is 281 g/mol. The maximum atomic E-state index is 3.78. The van der Waals surface area contributed by atoms with E-state index in [0.29, 0.717) is 6.04 Å². The van der Waals surface area contributed by atoms with Crippen molar-refractivity contribution in [3.8, 4) is 0 Å². The van der Waals surface area contributed by atoms with E-state index in [9.17, 15) is 0 Å². The maximum Gasteiger partial charge on any atom is 0.0323 e. The van der Waals surface area contributed by atoms with Gasteiger partial charge in [0.25, 0.3) is 0 Å². The Kier molecular flexibility index (Phi) is 5.78. The predicted octanol–water partition coefficient (Wildman–Crippen LogP) is 4.37. The summed E-state index contributed by atoms with van der Waals surface area (Å²) in [6, 6.07) is 7.01. The molecule has 1 nitrogen and oxygen atoms in total. The molecule has 1 aromatic rings. The molecule has 0 radical (unpaired) electrons. The van der Waals surface area contributed by atoms with Gasteiger partial charge in [0, 0.05) is 10.5 Å². The molecule has 0 saturated heterocycles. The Bertz CT molecular complexity index is 347. The Balaban J connectivity index is 2.82. The standard InChI is InChI=1S/C14H20BrN/c1-4-6-7-14(16-5-2)12-8-9-13(15)11(3)10-12/h4,8-10,14,16H,1,5-7H2,2-3H3. The number of benzene rings is 1. The molecule has 88 valence electrons. The normalized spacial score (nSPS) is 12.4. The van der Waals surface area contributed by atoms with Gasteiger partial charge in [0.2, 0.25) is 0 Å². The van der Waals surface area contributed by atoms with Gasteiger partial charge in [0.05, 0.1) is 0 Å². The van der Waals surface area contributed by atoms with Crippen molar-refractivity contribution in [1.82, 2.24) is 5.32 Å². The first kappa shape index (κ1) is 13.5. The number of aryl methyl sites for hydroxylation is 1. The lowest BCUT2D eigenvalue weighted by Crippen LogP contribution is -2.20. The zero-order valence-electron chi connectivity index (χ0n) is 10.1. The second-order valence-corrected chi connectivity index (χ2v) is 4.84. The summed E-state index contributed by atoms with van der Waals surface area (Å²) in [7, 11) is 0. The van der Waals surface area contributed by atoms with E-state index in [1.807, 2.05) is 6.08 Å². The highest BCUT2D eigenvalue weighted by molar-refractivity contribution is 9.10. The first-order valence-electron chi connectivity index (χ1n) is 5.79. The summed E-state index contributed by atoms with van der Waals surface area (Å²) in [5.74, 6) is 0. The maximum absolute atomic E-state index is 3.78. The highest BCUT2D eigenvalue weighted by Crippen LogP contribution is 2.24. The third kappa shape index (κ3) is 3.76. The summed E-state index contributed by atoms with van der Waals surface area (Å²) in [4.78, 5) is 0. The molecule has 1 unspecified atom stereocenters. The van der Waals surface area contributed by atoms with E-state index in [4.69, 9.17) is 0 Å². The fraction of sp³-hybridized carbons (Fsp3) is 0.429. The Morgan fingerprint density at radius 2 is 2.25 bits per heavy atom. The molecule has 0 bridgehead atoms. The zero-order chi connectivity index (χ0) is 12.0. The molecule has 0 amide bonds. The fourth-order valence-electron chi connectivity index (χ4n) is 1.80. The number of hydrogen-bond acceptors (Lipinski definition) is 1. The molecular weight excluding hydrogens is 262 g/mol. The molecule has 16 heavy (non-hydrogen) atoms. The topological polar surface area (TPSA) is 12.0 Å². The predicted molar refractivity (Wildman–Crippen MR) is 74.7 cm³/mol. The van der Waals surface area contributed by atoms with Gasteiger partial charge in [-0.15, -0.1) is 6.58 Å². The van der Waals surface area contributed by atoms with Crippen LogP contribution < -0.4 is 5.32 Å². The van der Waals surface area contributed by atoms with Gasteiger partial charge in [-0.25, -0.2) is 0 Å². The van der Waals surface area contributed by atoms with E-state index < -0.39 is 0 Å². The van der Waals surface area contributed by atoms with E-state index in [2.05, 4.69) is 59.9 Å². The van der Waals surface area contributed by atoms with Crippen LogP contribution >= 0.6 is 15.9 Å². The molecule has 0 spiro atoms. The van der Waals surface area contributed by atoms with Crippen LogP contribution in [-0.4, -0.2) is 6.54 Å². The smallest absolute Gasteiger partial charge is 0.0323 e. The summed E-state index contributed by atoms with van der Waals surface area (Å²) in [5.41, 5.74) is 2.66. The number of halogens is 1. The minimum absolute atomic E-state index is 0.440. The molecule has 2 heteroatoms. The van der Waals surface area contributed by atoms with Crippen LogP contribution in [0.25, 0.3) is 0 Å². The van der Waals surface area contributed by atoms with E-state index in [0.717, 1.165) is 19.4 Å². The number of allylic oxidation sites excluding steroid dienone is 1. The molecule has 0 fully saturated rings. The summed E-state index contributed by atoms with van der Waals surface area (Å²) in [6.45, 7) is 9.05. The average Bonchev–Trinajstić information content (AvgIpc) is 2.28. The lowest BCUT2D eigenvalue weighted by atomic mass is 10.00. The molecule has 0 aliphatic rings. The van der Waals surface area contributed by atoms with Gasteiger partial charge in [0.1, 0.15) is 0 Å². The molecule has 1 aromatic carbocycles. The number of rotatable bonds is 6. The molecule has 0 aromatic heterocycles. The Labute approximate surface area is 107 Å². The van der Waals surface area contributed by atoms with Crippen molar-refractivity contribution in [3.63, 3.8) is 0 Å². The molecule has 0 heterocycles. The van der Waals surface area contributed by atoms with E-state index in [-0.39, 0.29) is 0 Å². The van der Waals surface area contributed by atoms with Crippen LogP contribution in [0, 0.1) is 6.92 Å². The van der Waals surface area contributed by atoms with Gasteiger partial charge in [-0.2, -0.15) is 0 Å². The third-order valence-corrected chi connectivity index (χ3v) is 3.58. The molecule has 0 aliphatic heterocycles. The van der Waals surface area contributed by atoms with Crippen LogP contribution in [-0.2, 0) is 0 Å². The molecule has 1 atom stereocenters. The van der Waals surface area contributed by atoms with Crippen LogP contribution in [0.3, 0.4) is 0 Å². The van der Waals surface area contributed by atoms with E-state index >= 15 is 0 Å². The van der Waals surface area contributed by atoms with Crippen molar-refractivity contribution in [2.24, 2.45) is 0 Å².